The van der Waals surface area contributed by atoms with Crippen LogP contribution in [0.3, 0.4) is 0 Å². The molecule has 1 atom stereocenters. The van der Waals surface area contributed by atoms with Crippen LogP contribution >= 0.6 is 0 Å². The van der Waals surface area contributed by atoms with Gasteiger partial charge in [0.25, 0.3) is 11.8 Å². The van der Waals surface area contributed by atoms with Crippen LogP contribution in [0.2, 0.25) is 0 Å². The summed E-state index contributed by atoms with van der Waals surface area (Å²) in [7, 11) is 0. The zero-order chi connectivity index (χ0) is 19.2. The number of hydrogen-bond acceptors (Lipinski definition) is 3. The molecule has 2 aromatic rings. The highest BCUT2D eigenvalue weighted by molar-refractivity contribution is 6.05. The van der Waals surface area contributed by atoms with Gasteiger partial charge in [-0.1, -0.05) is 24.3 Å². The minimum Gasteiger partial charge on any atom is -0.355 e. The van der Waals surface area contributed by atoms with E-state index in [1.807, 2.05) is 13.0 Å². The molecule has 1 fully saturated rings. The predicted octanol–water partition coefficient (Wildman–Crippen LogP) is 2.68. The quantitative estimate of drug-likeness (QED) is 0.855. The smallest absolute Gasteiger partial charge is 0.255 e. The Morgan fingerprint density at radius 2 is 1.78 bits per heavy atom. The Kier molecular flexibility index (Phi) is 5.86. The van der Waals surface area contributed by atoms with Crippen molar-refractivity contribution in [1.82, 2.24) is 10.2 Å². The van der Waals surface area contributed by atoms with Crippen molar-refractivity contribution in [1.29, 1.82) is 0 Å². The monoisotopic (exact) mass is 365 g/mol. The highest BCUT2D eigenvalue weighted by Crippen LogP contribution is 2.22. The molecule has 1 unspecified atom stereocenters. The molecule has 3 rings (SSSR count). The number of likely N-dealkylation sites (tertiary alicyclic amines) is 1. The molecular formula is C21H23N3O3. The van der Waals surface area contributed by atoms with E-state index < -0.39 is 6.04 Å². The number of amides is 3. The Labute approximate surface area is 158 Å². The molecule has 2 aromatic carbocycles. The molecule has 1 heterocycles. The van der Waals surface area contributed by atoms with Gasteiger partial charge in [0.05, 0.1) is 0 Å². The lowest BCUT2D eigenvalue weighted by Crippen LogP contribution is -2.45. The lowest BCUT2D eigenvalue weighted by Gasteiger charge is -2.24. The lowest BCUT2D eigenvalue weighted by molar-refractivity contribution is -0.124. The maximum absolute atomic E-state index is 12.9. The van der Waals surface area contributed by atoms with E-state index in [-0.39, 0.29) is 17.7 Å². The normalized spacial score (nSPS) is 16.0. The van der Waals surface area contributed by atoms with Gasteiger partial charge in [0.1, 0.15) is 6.04 Å². The third-order valence-corrected chi connectivity index (χ3v) is 4.57. The molecule has 0 aliphatic carbocycles. The zero-order valence-electron chi connectivity index (χ0n) is 15.3. The van der Waals surface area contributed by atoms with Crippen LogP contribution in [0.4, 0.5) is 5.69 Å². The van der Waals surface area contributed by atoms with Crippen LogP contribution in [-0.4, -0.2) is 41.8 Å². The van der Waals surface area contributed by atoms with Gasteiger partial charge in [0, 0.05) is 29.9 Å². The summed E-state index contributed by atoms with van der Waals surface area (Å²) in [5.74, 6) is -0.544. The van der Waals surface area contributed by atoms with Crippen LogP contribution in [0.15, 0.2) is 54.6 Å². The SMILES string of the molecule is CCNC(=O)C1CCCN1C(=O)c1cccc(NC(=O)c2ccccc2)c1. The van der Waals surface area contributed by atoms with E-state index in [2.05, 4.69) is 10.6 Å². The van der Waals surface area contributed by atoms with Crippen molar-refractivity contribution in [3.05, 3.63) is 65.7 Å². The summed E-state index contributed by atoms with van der Waals surface area (Å²) in [6.07, 6.45) is 1.47. The number of rotatable bonds is 5. The summed E-state index contributed by atoms with van der Waals surface area (Å²) in [6, 6.07) is 15.3. The van der Waals surface area contributed by atoms with Crippen LogP contribution in [0.1, 0.15) is 40.5 Å². The Balaban J connectivity index is 1.74. The highest BCUT2D eigenvalue weighted by Gasteiger charge is 2.34. The molecule has 3 amide bonds. The fourth-order valence-corrected chi connectivity index (χ4v) is 3.26. The minimum atomic E-state index is -0.431. The number of nitrogens with one attached hydrogen (secondary N) is 2. The van der Waals surface area contributed by atoms with Crippen molar-refractivity contribution < 1.29 is 14.4 Å². The molecule has 27 heavy (non-hydrogen) atoms. The van der Waals surface area contributed by atoms with Crippen LogP contribution in [0.25, 0.3) is 0 Å². The fraction of sp³-hybridized carbons (Fsp3) is 0.286. The zero-order valence-corrected chi connectivity index (χ0v) is 15.3. The van der Waals surface area contributed by atoms with Gasteiger partial charge in [0.2, 0.25) is 5.91 Å². The van der Waals surface area contributed by atoms with Crippen LogP contribution in [0, 0.1) is 0 Å². The summed E-state index contributed by atoms with van der Waals surface area (Å²) in [6.45, 7) is 2.96. The van der Waals surface area contributed by atoms with E-state index in [1.165, 1.54) is 0 Å². The number of carbonyl (C=O) groups is 3. The first kappa shape index (κ1) is 18.6. The first-order chi connectivity index (χ1) is 13.1. The summed E-state index contributed by atoms with van der Waals surface area (Å²) >= 11 is 0. The first-order valence-electron chi connectivity index (χ1n) is 9.15. The maximum Gasteiger partial charge on any atom is 0.255 e. The molecule has 0 aromatic heterocycles. The third-order valence-electron chi connectivity index (χ3n) is 4.57. The fourth-order valence-electron chi connectivity index (χ4n) is 3.26. The average Bonchev–Trinajstić information content (AvgIpc) is 3.18. The summed E-state index contributed by atoms with van der Waals surface area (Å²) in [4.78, 5) is 39.0. The Hall–Kier alpha value is -3.15. The van der Waals surface area contributed by atoms with Gasteiger partial charge >= 0.3 is 0 Å². The molecule has 0 bridgehead atoms. The second-order valence-corrected chi connectivity index (χ2v) is 6.45. The van der Waals surface area contributed by atoms with Gasteiger partial charge in [-0.15, -0.1) is 0 Å². The van der Waals surface area contributed by atoms with Crippen molar-refractivity contribution in [3.8, 4) is 0 Å². The number of likely N-dealkylation sites (N-methyl/N-ethyl adjacent to an activating group) is 1. The van der Waals surface area contributed by atoms with E-state index in [0.29, 0.717) is 36.3 Å². The van der Waals surface area contributed by atoms with Gasteiger partial charge in [-0.3, -0.25) is 14.4 Å². The van der Waals surface area contributed by atoms with Crippen LogP contribution < -0.4 is 10.6 Å². The number of carbonyl (C=O) groups excluding carboxylic acids is 3. The van der Waals surface area contributed by atoms with Gasteiger partial charge < -0.3 is 15.5 Å². The molecule has 6 nitrogen and oxygen atoms in total. The van der Waals surface area contributed by atoms with E-state index in [1.54, 1.807) is 53.4 Å². The molecule has 1 saturated heterocycles. The second kappa shape index (κ2) is 8.49. The molecule has 0 radical (unpaired) electrons. The summed E-state index contributed by atoms with van der Waals surface area (Å²) < 4.78 is 0. The molecule has 6 heteroatoms. The largest absolute Gasteiger partial charge is 0.355 e. The van der Waals surface area contributed by atoms with E-state index >= 15 is 0 Å². The lowest BCUT2D eigenvalue weighted by atomic mass is 10.1. The van der Waals surface area contributed by atoms with Gasteiger partial charge in [0.15, 0.2) is 0 Å². The molecule has 0 spiro atoms. The third kappa shape index (κ3) is 4.34. The number of anilines is 1. The number of nitrogens with zero attached hydrogens (tertiary/aromatic N) is 1. The molecule has 2 N–H and O–H groups in total. The van der Waals surface area contributed by atoms with Crippen LogP contribution in [-0.2, 0) is 4.79 Å². The topological polar surface area (TPSA) is 78.5 Å². The number of benzene rings is 2. The standard InChI is InChI=1S/C21H23N3O3/c1-2-22-20(26)18-12-7-13-24(18)21(27)16-10-6-11-17(14-16)23-19(25)15-8-4-3-5-9-15/h3-6,8-11,14,18H,2,7,12-13H2,1H3,(H,22,26)(H,23,25). The Bertz CT molecular complexity index is 836. The molecule has 1 aliphatic rings. The van der Waals surface area contributed by atoms with Crippen LogP contribution in [0.5, 0.6) is 0 Å². The Morgan fingerprint density at radius 1 is 1.04 bits per heavy atom. The van der Waals surface area contributed by atoms with Crippen molar-refractivity contribution in [2.45, 2.75) is 25.8 Å². The van der Waals surface area contributed by atoms with Gasteiger partial charge in [-0.2, -0.15) is 0 Å². The van der Waals surface area contributed by atoms with E-state index in [9.17, 15) is 14.4 Å². The molecule has 1 aliphatic heterocycles. The van der Waals surface area contributed by atoms with Crippen molar-refractivity contribution >= 4 is 23.4 Å². The molecular weight excluding hydrogens is 342 g/mol. The van der Waals surface area contributed by atoms with Gasteiger partial charge in [-0.05, 0) is 50.1 Å². The minimum absolute atomic E-state index is 0.114. The maximum atomic E-state index is 12.9. The van der Waals surface area contributed by atoms with Crippen molar-refractivity contribution in [2.75, 3.05) is 18.4 Å². The predicted molar refractivity (Wildman–Crippen MR) is 104 cm³/mol. The van der Waals surface area contributed by atoms with Gasteiger partial charge in [-0.25, -0.2) is 0 Å². The number of hydrogen-bond donors (Lipinski definition) is 2. The van der Waals surface area contributed by atoms with Crippen molar-refractivity contribution in [2.24, 2.45) is 0 Å². The second-order valence-electron chi connectivity index (χ2n) is 6.45. The summed E-state index contributed by atoms with van der Waals surface area (Å²) in [5.41, 5.74) is 1.55. The Morgan fingerprint density at radius 3 is 2.52 bits per heavy atom. The molecule has 140 valence electrons. The van der Waals surface area contributed by atoms with E-state index in [0.717, 1.165) is 6.42 Å². The van der Waals surface area contributed by atoms with E-state index in [4.69, 9.17) is 0 Å². The first-order valence-corrected chi connectivity index (χ1v) is 9.15. The molecule has 0 saturated carbocycles. The highest BCUT2D eigenvalue weighted by atomic mass is 16.2. The average molecular weight is 365 g/mol. The summed E-state index contributed by atoms with van der Waals surface area (Å²) in [5, 5.41) is 5.60. The van der Waals surface area contributed by atoms with Crippen molar-refractivity contribution in [3.63, 3.8) is 0 Å².